The number of hydrogen-bond donors (Lipinski definition) is 0. The number of hydrogen-bond acceptors (Lipinski definition) is 2. The van der Waals surface area contributed by atoms with E-state index >= 15 is 0 Å². The Labute approximate surface area is 171 Å². The molecule has 0 spiro atoms. The van der Waals surface area contributed by atoms with E-state index in [9.17, 15) is 4.79 Å². The minimum absolute atomic E-state index is 0.302. The normalized spacial score (nSPS) is 14.2. The van der Waals surface area contributed by atoms with Gasteiger partial charge in [0.2, 0.25) is 5.91 Å². The van der Waals surface area contributed by atoms with Gasteiger partial charge in [0.05, 0.1) is 16.7 Å². The molecule has 1 fully saturated rings. The number of fused-ring (bicyclic) bond motifs is 3. The van der Waals surface area contributed by atoms with Gasteiger partial charge in [-0.1, -0.05) is 42.5 Å². The van der Waals surface area contributed by atoms with E-state index in [1.165, 1.54) is 27.8 Å². The fraction of sp³-hybridized carbons (Fsp3) is 0.240. The Morgan fingerprint density at radius 1 is 0.862 bits per heavy atom. The Morgan fingerprint density at radius 2 is 1.62 bits per heavy atom. The second-order valence-corrected chi connectivity index (χ2v) is 7.65. The highest BCUT2D eigenvalue weighted by Gasteiger charge is 2.22. The van der Waals surface area contributed by atoms with Crippen molar-refractivity contribution in [1.82, 2.24) is 9.30 Å². The molecule has 146 valence electrons. The SMILES string of the molecule is O=C1CCCN1CCCN(c1ccccc1)c1c2ccccc2n2ccccc12. The Balaban J connectivity index is 1.56. The quantitative estimate of drug-likeness (QED) is 0.455. The van der Waals surface area contributed by atoms with Crippen molar-refractivity contribution in [1.29, 1.82) is 0 Å². The van der Waals surface area contributed by atoms with Crippen LogP contribution in [0.3, 0.4) is 0 Å². The number of pyridine rings is 1. The predicted molar refractivity (Wildman–Crippen MR) is 119 cm³/mol. The molecule has 5 rings (SSSR count). The molecule has 29 heavy (non-hydrogen) atoms. The largest absolute Gasteiger partial charge is 0.343 e. The molecule has 1 aliphatic heterocycles. The molecule has 4 heteroatoms. The fourth-order valence-electron chi connectivity index (χ4n) is 4.49. The number of benzene rings is 2. The summed E-state index contributed by atoms with van der Waals surface area (Å²) < 4.78 is 2.27. The minimum Gasteiger partial charge on any atom is -0.343 e. The highest BCUT2D eigenvalue weighted by atomic mass is 16.2. The summed E-state index contributed by atoms with van der Waals surface area (Å²) in [6.07, 6.45) is 4.78. The summed E-state index contributed by atoms with van der Waals surface area (Å²) in [7, 11) is 0. The van der Waals surface area contributed by atoms with E-state index in [1.807, 2.05) is 4.90 Å². The first-order valence-electron chi connectivity index (χ1n) is 10.4. The number of likely N-dealkylation sites (tertiary alicyclic amines) is 1. The summed E-state index contributed by atoms with van der Waals surface area (Å²) in [4.78, 5) is 16.4. The molecule has 0 aliphatic carbocycles. The molecule has 0 N–H and O–H groups in total. The van der Waals surface area contributed by atoms with E-state index in [0.717, 1.165) is 32.5 Å². The smallest absolute Gasteiger partial charge is 0.222 e. The zero-order chi connectivity index (χ0) is 19.6. The minimum atomic E-state index is 0.302. The molecule has 1 amide bonds. The van der Waals surface area contributed by atoms with Crippen LogP contribution < -0.4 is 4.90 Å². The van der Waals surface area contributed by atoms with Gasteiger partial charge in [0.1, 0.15) is 0 Å². The average Bonchev–Trinajstić information content (AvgIpc) is 3.33. The second kappa shape index (κ2) is 7.63. The number of nitrogens with zero attached hydrogens (tertiary/aromatic N) is 3. The van der Waals surface area contributed by atoms with Crippen LogP contribution in [0.15, 0.2) is 79.0 Å². The summed E-state index contributed by atoms with van der Waals surface area (Å²) in [6, 6.07) is 25.5. The van der Waals surface area contributed by atoms with Gasteiger partial charge in [0.25, 0.3) is 0 Å². The zero-order valence-corrected chi connectivity index (χ0v) is 16.5. The number of para-hydroxylation sites is 2. The molecule has 1 saturated heterocycles. The van der Waals surface area contributed by atoms with E-state index in [0.29, 0.717) is 12.3 Å². The van der Waals surface area contributed by atoms with Gasteiger partial charge >= 0.3 is 0 Å². The molecule has 0 radical (unpaired) electrons. The van der Waals surface area contributed by atoms with Crippen LogP contribution >= 0.6 is 0 Å². The van der Waals surface area contributed by atoms with Crippen molar-refractivity contribution in [3.63, 3.8) is 0 Å². The number of carbonyl (C=O) groups excluding carboxylic acids is 1. The molecule has 2 aromatic heterocycles. The number of amides is 1. The van der Waals surface area contributed by atoms with Crippen LogP contribution in [0, 0.1) is 0 Å². The van der Waals surface area contributed by atoms with Crippen LogP contribution in [0.5, 0.6) is 0 Å². The lowest BCUT2D eigenvalue weighted by atomic mass is 10.1. The van der Waals surface area contributed by atoms with Crippen LogP contribution in [-0.2, 0) is 4.79 Å². The highest BCUT2D eigenvalue weighted by molar-refractivity contribution is 6.05. The maximum Gasteiger partial charge on any atom is 0.222 e. The lowest BCUT2D eigenvalue weighted by Gasteiger charge is -2.26. The maximum atomic E-state index is 12.0. The van der Waals surface area contributed by atoms with Gasteiger partial charge in [-0.25, -0.2) is 0 Å². The Hall–Kier alpha value is -3.27. The lowest BCUT2D eigenvalue weighted by Crippen LogP contribution is -2.29. The highest BCUT2D eigenvalue weighted by Crippen LogP contribution is 2.38. The first-order valence-corrected chi connectivity index (χ1v) is 10.4. The van der Waals surface area contributed by atoms with E-state index < -0.39 is 0 Å². The molecule has 4 nitrogen and oxygen atoms in total. The van der Waals surface area contributed by atoms with Crippen LogP contribution in [0.25, 0.3) is 16.4 Å². The van der Waals surface area contributed by atoms with Gasteiger partial charge in [0, 0.05) is 43.3 Å². The second-order valence-electron chi connectivity index (χ2n) is 7.65. The third-order valence-corrected chi connectivity index (χ3v) is 5.84. The summed E-state index contributed by atoms with van der Waals surface area (Å²) in [6.45, 7) is 2.60. The van der Waals surface area contributed by atoms with Gasteiger partial charge in [-0.2, -0.15) is 0 Å². The number of aromatic nitrogens is 1. The Bertz CT molecular complexity index is 1100. The van der Waals surface area contributed by atoms with E-state index in [1.54, 1.807) is 0 Å². The fourth-order valence-corrected chi connectivity index (χ4v) is 4.49. The zero-order valence-electron chi connectivity index (χ0n) is 16.5. The first-order chi connectivity index (χ1) is 14.3. The van der Waals surface area contributed by atoms with Gasteiger partial charge in [-0.3, -0.25) is 4.79 Å². The Kier molecular flexibility index (Phi) is 4.68. The van der Waals surface area contributed by atoms with Crippen LogP contribution in [0.1, 0.15) is 19.3 Å². The summed E-state index contributed by atoms with van der Waals surface area (Å²) in [5, 5.41) is 1.25. The number of rotatable bonds is 6. The van der Waals surface area contributed by atoms with Gasteiger partial charge < -0.3 is 14.2 Å². The number of anilines is 2. The van der Waals surface area contributed by atoms with Crippen molar-refractivity contribution in [2.75, 3.05) is 24.5 Å². The molecule has 0 unspecified atom stereocenters. The van der Waals surface area contributed by atoms with Gasteiger partial charge in [0.15, 0.2) is 0 Å². The molecule has 0 saturated carbocycles. The lowest BCUT2D eigenvalue weighted by molar-refractivity contribution is -0.127. The number of carbonyl (C=O) groups is 1. The average molecular weight is 383 g/mol. The molecule has 2 aromatic carbocycles. The molecular weight excluding hydrogens is 358 g/mol. The van der Waals surface area contributed by atoms with Crippen LogP contribution in [0.2, 0.25) is 0 Å². The van der Waals surface area contributed by atoms with E-state index in [-0.39, 0.29) is 0 Å². The van der Waals surface area contributed by atoms with Crippen LogP contribution in [-0.4, -0.2) is 34.8 Å². The summed E-state index contributed by atoms with van der Waals surface area (Å²) in [5.41, 5.74) is 4.84. The molecule has 0 atom stereocenters. The van der Waals surface area contributed by atoms with E-state index in [2.05, 4.69) is 88.3 Å². The van der Waals surface area contributed by atoms with E-state index in [4.69, 9.17) is 0 Å². The third-order valence-electron chi connectivity index (χ3n) is 5.84. The van der Waals surface area contributed by atoms with Crippen molar-refractivity contribution in [3.05, 3.63) is 79.0 Å². The third kappa shape index (κ3) is 3.25. The van der Waals surface area contributed by atoms with Crippen molar-refractivity contribution in [2.45, 2.75) is 19.3 Å². The Morgan fingerprint density at radius 3 is 2.45 bits per heavy atom. The predicted octanol–water partition coefficient (Wildman–Crippen LogP) is 5.24. The van der Waals surface area contributed by atoms with Crippen LogP contribution in [0.4, 0.5) is 11.4 Å². The maximum absolute atomic E-state index is 12.0. The molecular formula is C25H25N3O. The van der Waals surface area contributed by atoms with Crippen molar-refractivity contribution < 1.29 is 4.79 Å². The molecule has 3 heterocycles. The van der Waals surface area contributed by atoms with Crippen molar-refractivity contribution in [2.24, 2.45) is 0 Å². The molecule has 4 aromatic rings. The molecule has 1 aliphatic rings. The van der Waals surface area contributed by atoms with Gasteiger partial charge in [-0.05, 0) is 43.2 Å². The molecule has 0 bridgehead atoms. The van der Waals surface area contributed by atoms with Crippen molar-refractivity contribution >= 4 is 33.7 Å². The monoisotopic (exact) mass is 383 g/mol. The first kappa shape index (κ1) is 17.8. The topological polar surface area (TPSA) is 28.0 Å². The standard InChI is InChI=1S/C25H25N3O/c29-24-15-8-16-26(24)17-9-19-27(20-10-2-1-3-11-20)25-21-12-4-5-13-22(21)28-18-7-6-14-23(25)28/h1-7,10-14,18H,8-9,15-17,19H2. The summed E-state index contributed by atoms with van der Waals surface area (Å²) in [5.74, 6) is 0.302. The van der Waals surface area contributed by atoms with Gasteiger partial charge in [-0.15, -0.1) is 0 Å². The van der Waals surface area contributed by atoms with Crippen molar-refractivity contribution in [3.8, 4) is 0 Å². The summed E-state index contributed by atoms with van der Waals surface area (Å²) >= 11 is 0.